The number of nitrogens with zero attached hydrogens (tertiary/aromatic N) is 2. The van der Waals surface area contributed by atoms with Crippen molar-refractivity contribution in [2.45, 2.75) is 20.4 Å². The van der Waals surface area contributed by atoms with Gasteiger partial charge in [-0.05, 0) is 26.0 Å². The minimum absolute atomic E-state index is 0.285. The quantitative estimate of drug-likeness (QED) is 0.921. The van der Waals surface area contributed by atoms with Gasteiger partial charge in [-0.25, -0.2) is 9.78 Å². The summed E-state index contributed by atoms with van der Waals surface area (Å²) in [5.41, 5.74) is 0.546. The Morgan fingerprint density at radius 3 is 2.72 bits per heavy atom. The Labute approximate surface area is 109 Å². The molecule has 0 aliphatic rings. The average Bonchev–Trinajstić information content (AvgIpc) is 2.85. The molecule has 0 amide bonds. The van der Waals surface area contributed by atoms with Gasteiger partial charge in [0.25, 0.3) is 0 Å². The molecule has 0 bridgehead atoms. The van der Waals surface area contributed by atoms with Gasteiger partial charge in [0.05, 0.1) is 12.2 Å². The number of carboxylic acids is 1. The lowest BCUT2D eigenvalue weighted by Crippen LogP contribution is -2.15. The molecule has 0 fully saturated rings. The first-order valence-corrected chi connectivity index (χ1v) is 6.26. The third kappa shape index (κ3) is 2.53. The van der Waals surface area contributed by atoms with Crippen molar-refractivity contribution in [3.63, 3.8) is 0 Å². The number of hydrogen-bond acceptors (Lipinski definition) is 5. The summed E-state index contributed by atoms with van der Waals surface area (Å²) in [6.07, 6.45) is 0. The number of aromatic carboxylic acids is 1. The molecule has 96 valence electrons. The number of furan rings is 1. The van der Waals surface area contributed by atoms with Crippen LogP contribution in [0.25, 0.3) is 0 Å². The largest absolute Gasteiger partial charge is 0.477 e. The predicted octanol–water partition coefficient (Wildman–Crippen LogP) is 2.69. The molecule has 1 N–H and O–H groups in total. The highest BCUT2D eigenvalue weighted by atomic mass is 32.1. The zero-order chi connectivity index (χ0) is 13.3. The van der Waals surface area contributed by atoms with E-state index in [0.717, 1.165) is 11.5 Å². The van der Waals surface area contributed by atoms with E-state index in [-0.39, 0.29) is 4.88 Å². The molecule has 0 saturated heterocycles. The van der Waals surface area contributed by atoms with E-state index in [1.807, 2.05) is 31.0 Å². The van der Waals surface area contributed by atoms with Crippen LogP contribution >= 0.6 is 11.3 Å². The lowest BCUT2D eigenvalue weighted by Gasteiger charge is -2.13. The van der Waals surface area contributed by atoms with Gasteiger partial charge in [0.2, 0.25) is 0 Å². The third-order valence-electron chi connectivity index (χ3n) is 2.50. The third-order valence-corrected chi connectivity index (χ3v) is 3.75. The first-order chi connectivity index (χ1) is 8.47. The van der Waals surface area contributed by atoms with Crippen LogP contribution in [0.5, 0.6) is 0 Å². The number of carbonyl (C=O) groups is 1. The van der Waals surface area contributed by atoms with E-state index >= 15 is 0 Å². The monoisotopic (exact) mass is 266 g/mol. The average molecular weight is 266 g/mol. The molecule has 0 aliphatic carbocycles. The van der Waals surface area contributed by atoms with E-state index in [4.69, 9.17) is 9.52 Å². The van der Waals surface area contributed by atoms with Crippen LogP contribution in [0.4, 0.5) is 5.13 Å². The van der Waals surface area contributed by atoms with Crippen LogP contribution in [0.3, 0.4) is 0 Å². The lowest BCUT2D eigenvalue weighted by molar-refractivity contribution is 0.0701. The Bertz CT molecular complexity index is 574. The van der Waals surface area contributed by atoms with Gasteiger partial charge in [0.15, 0.2) is 5.13 Å². The molecule has 2 heterocycles. The van der Waals surface area contributed by atoms with Crippen molar-refractivity contribution >= 4 is 22.4 Å². The summed E-state index contributed by atoms with van der Waals surface area (Å²) in [6.45, 7) is 4.16. The van der Waals surface area contributed by atoms with Crippen LogP contribution in [0.1, 0.15) is 26.9 Å². The Morgan fingerprint density at radius 1 is 1.50 bits per heavy atom. The van der Waals surface area contributed by atoms with E-state index in [1.165, 1.54) is 11.3 Å². The molecule has 0 unspecified atom stereocenters. The molecule has 6 heteroatoms. The number of hydrogen-bond donors (Lipinski definition) is 1. The molecule has 0 atom stereocenters. The van der Waals surface area contributed by atoms with Crippen molar-refractivity contribution in [2.24, 2.45) is 0 Å². The van der Waals surface area contributed by atoms with Crippen LogP contribution in [0.2, 0.25) is 0 Å². The summed E-state index contributed by atoms with van der Waals surface area (Å²) >= 11 is 1.18. The Morgan fingerprint density at radius 2 is 2.22 bits per heavy atom. The van der Waals surface area contributed by atoms with E-state index in [2.05, 4.69) is 4.98 Å². The first kappa shape index (κ1) is 12.6. The normalized spacial score (nSPS) is 10.6. The fourth-order valence-corrected chi connectivity index (χ4v) is 2.48. The maximum atomic E-state index is 11.0. The molecule has 0 spiro atoms. The van der Waals surface area contributed by atoms with Crippen molar-refractivity contribution in [3.8, 4) is 0 Å². The number of aryl methyl sites for hydroxylation is 2. The smallest absolute Gasteiger partial charge is 0.347 e. The van der Waals surface area contributed by atoms with Gasteiger partial charge in [-0.2, -0.15) is 0 Å². The number of anilines is 1. The molecule has 0 radical (unpaired) electrons. The maximum absolute atomic E-state index is 11.0. The van der Waals surface area contributed by atoms with E-state index in [1.54, 1.807) is 6.92 Å². The first-order valence-electron chi connectivity index (χ1n) is 5.44. The van der Waals surface area contributed by atoms with Gasteiger partial charge in [-0.3, -0.25) is 0 Å². The van der Waals surface area contributed by atoms with Crippen molar-refractivity contribution in [1.29, 1.82) is 0 Å². The lowest BCUT2D eigenvalue weighted by atomic mass is 10.4. The van der Waals surface area contributed by atoms with Gasteiger partial charge in [-0.15, -0.1) is 0 Å². The number of aromatic nitrogens is 1. The van der Waals surface area contributed by atoms with Gasteiger partial charge >= 0.3 is 5.97 Å². The Balaban J connectivity index is 2.16. The second-order valence-electron chi connectivity index (χ2n) is 4.08. The Hall–Kier alpha value is -1.82. The van der Waals surface area contributed by atoms with Crippen LogP contribution < -0.4 is 4.90 Å². The molecule has 2 aromatic heterocycles. The van der Waals surface area contributed by atoms with Crippen molar-refractivity contribution in [2.75, 3.05) is 11.9 Å². The van der Waals surface area contributed by atoms with E-state index in [9.17, 15) is 4.79 Å². The van der Waals surface area contributed by atoms with Crippen LogP contribution in [-0.4, -0.2) is 23.1 Å². The second kappa shape index (κ2) is 4.81. The molecule has 2 aromatic rings. The SMILES string of the molecule is Cc1ccc(CN(C)c2nc(C)c(C(=O)O)s2)o1. The zero-order valence-electron chi connectivity index (χ0n) is 10.4. The van der Waals surface area contributed by atoms with E-state index in [0.29, 0.717) is 17.4 Å². The minimum Gasteiger partial charge on any atom is -0.477 e. The molecular weight excluding hydrogens is 252 g/mol. The molecule has 0 aliphatic heterocycles. The number of rotatable bonds is 4. The maximum Gasteiger partial charge on any atom is 0.347 e. The van der Waals surface area contributed by atoms with Crippen LogP contribution in [0, 0.1) is 13.8 Å². The molecule has 18 heavy (non-hydrogen) atoms. The van der Waals surface area contributed by atoms with E-state index < -0.39 is 5.97 Å². The van der Waals surface area contributed by atoms with Gasteiger partial charge < -0.3 is 14.4 Å². The summed E-state index contributed by atoms with van der Waals surface area (Å²) < 4.78 is 5.48. The molecule has 2 rings (SSSR count). The Kier molecular flexibility index (Phi) is 3.38. The zero-order valence-corrected chi connectivity index (χ0v) is 11.2. The highest BCUT2D eigenvalue weighted by Gasteiger charge is 2.16. The molecular formula is C12H14N2O3S. The molecule has 5 nitrogen and oxygen atoms in total. The molecule has 0 saturated carbocycles. The van der Waals surface area contributed by atoms with Gasteiger partial charge in [0.1, 0.15) is 16.4 Å². The molecule has 0 aromatic carbocycles. The minimum atomic E-state index is -0.932. The number of thiazole rings is 1. The second-order valence-corrected chi connectivity index (χ2v) is 5.06. The van der Waals surface area contributed by atoms with Crippen LogP contribution in [0.15, 0.2) is 16.5 Å². The van der Waals surface area contributed by atoms with Crippen LogP contribution in [-0.2, 0) is 6.54 Å². The topological polar surface area (TPSA) is 66.6 Å². The fraction of sp³-hybridized carbons (Fsp3) is 0.333. The van der Waals surface area contributed by atoms with Crippen molar-refractivity contribution in [3.05, 3.63) is 34.2 Å². The van der Waals surface area contributed by atoms with Gasteiger partial charge in [0, 0.05) is 7.05 Å². The summed E-state index contributed by atoms with van der Waals surface area (Å²) in [5, 5.41) is 9.67. The van der Waals surface area contributed by atoms with Gasteiger partial charge in [-0.1, -0.05) is 11.3 Å². The summed E-state index contributed by atoms with van der Waals surface area (Å²) in [6, 6.07) is 3.81. The highest BCUT2D eigenvalue weighted by Crippen LogP contribution is 2.26. The summed E-state index contributed by atoms with van der Waals surface area (Å²) in [7, 11) is 1.86. The highest BCUT2D eigenvalue weighted by molar-refractivity contribution is 7.17. The predicted molar refractivity (Wildman–Crippen MR) is 69.4 cm³/mol. The summed E-state index contributed by atoms with van der Waals surface area (Å²) in [4.78, 5) is 17.4. The standard InChI is InChI=1S/C12H14N2O3S/c1-7-4-5-9(17-7)6-14(3)12-13-8(2)10(18-12)11(15)16/h4-5H,6H2,1-3H3,(H,15,16). The number of carboxylic acid groups (broad SMARTS) is 1. The van der Waals surface area contributed by atoms with Crippen molar-refractivity contribution in [1.82, 2.24) is 4.98 Å². The fourth-order valence-electron chi connectivity index (χ4n) is 1.62. The summed E-state index contributed by atoms with van der Waals surface area (Å²) in [5.74, 6) is 0.762. The van der Waals surface area contributed by atoms with Crippen molar-refractivity contribution < 1.29 is 14.3 Å².